The summed E-state index contributed by atoms with van der Waals surface area (Å²) < 4.78 is 38.1. The van der Waals surface area contributed by atoms with Crippen LogP contribution in [0.4, 0.5) is 13.2 Å². The van der Waals surface area contributed by atoms with Crippen molar-refractivity contribution in [3.8, 4) is 0 Å². The van der Waals surface area contributed by atoms with Gasteiger partial charge in [0.15, 0.2) is 0 Å². The molecule has 2 aromatic carbocycles. The molecule has 0 aromatic heterocycles. The molecule has 2 aromatic rings. The van der Waals surface area contributed by atoms with Crippen LogP contribution in [0.3, 0.4) is 0 Å². The number of rotatable bonds is 2. The van der Waals surface area contributed by atoms with Crippen molar-refractivity contribution in [3.05, 3.63) is 71.3 Å². The van der Waals surface area contributed by atoms with Gasteiger partial charge in [-0.05, 0) is 42.1 Å². The fourth-order valence-corrected chi connectivity index (χ4v) is 3.23. The predicted octanol–water partition coefficient (Wildman–Crippen LogP) is 4.57. The standard InChI is InChI=1S/C18H18F3N/c19-18(20,21)15-8-6-14(7-9-15)16-10-11-22-12-17(16)13-4-2-1-3-5-13/h1-9,16-17,22H,10-12H2/t16-,17-/m0/s1. The highest BCUT2D eigenvalue weighted by Crippen LogP contribution is 2.38. The Balaban J connectivity index is 1.88. The molecule has 1 nitrogen and oxygen atoms in total. The average molecular weight is 305 g/mol. The maximum Gasteiger partial charge on any atom is 0.416 e. The van der Waals surface area contributed by atoms with Crippen molar-refractivity contribution < 1.29 is 13.2 Å². The van der Waals surface area contributed by atoms with Crippen LogP contribution in [0.1, 0.15) is 34.9 Å². The molecule has 0 aliphatic carbocycles. The normalized spacial score (nSPS) is 22.5. The minimum Gasteiger partial charge on any atom is -0.316 e. The molecule has 1 heterocycles. The molecule has 1 aliphatic rings. The lowest BCUT2D eigenvalue weighted by molar-refractivity contribution is -0.137. The lowest BCUT2D eigenvalue weighted by Gasteiger charge is -2.33. The number of benzene rings is 2. The van der Waals surface area contributed by atoms with E-state index in [1.807, 2.05) is 18.2 Å². The number of piperidine rings is 1. The largest absolute Gasteiger partial charge is 0.416 e. The van der Waals surface area contributed by atoms with Crippen molar-refractivity contribution in [3.63, 3.8) is 0 Å². The number of hydrogen-bond acceptors (Lipinski definition) is 1. The SMILES string of the molecule is FC(F)(F)c1ccc([C@@H]2CCNC[C@H]2c2ccccc2)cc1. The van der Waals surface area contributed by atoms with Crippen molar-refractivity contribution in [1.29, 1.82) is 0 Å². The van der Waals surface area contributed by atoms with Gasteiger partial charge in [-0.3, -0.25) is 0 Å². The summed E-state index contributed by atoms with van der Waals surface area (Å²) in [4.78, 5) is 0. The van der Waals surface area contributed by atoms with E-state index in [0.717, 1.165) is 25.1 Å². The highest BCUT2D eigenvalue weighted by atomic mass is 19.4. The van der Waals surface area contributed by atoms with Gasteiger partial charge in [-0.2, -0.15) is 13.2 Å². The molecule has 22 heavy (non-hydrogen) atoms. The highest BCUT2D eigenvalue weighted by Gasteiger charge is 2.32. The zero-order chi connectivity index (χ0) is 15.6. The van der Waals surface area contributed by atoms with Gasteiger partial charge in [0, 0.05) is 12.5 Å². The van der Waals surface area contributed by atoms with Gasteiger partial charge in [0.1, 0.15) is 0 Å². The Kier molecular flexibility index (Phi) is 4.21. The Morgan fingerprint density at radius 3 is 2.09 bits per heavy atom. The van der Waals surface area contributed by atoms with E-state index < -0.39 is 11.7 Å². The first-order valence-corrected chi connectivity index (χ1v) is 7.48. The molecule has 0 bridgehead atoms. The summed E-state index contributed by atoms with van der Waals surface area (Å²) in [5.74, 6) is 0.553. The van der Waals surface area contributed by atoms with Crippen LogP contribution >= 0.6 is 0 Å². The minimum atomic E-state index is -4.27. The first-order chi connectivity index (χ1) is 10.6. The third-order valence-corrected chi connectivity index (χ3v) is 4.38. The first-order valence-electron chi connectivity index (χ1n) is 7.48. The molecule has 1 aliphatic heterocycles. The molecule has 0 saturated carbocycles. The van der Waals surface area contributed by atoms with Gasteiger partial charge in [-0.25, -0.2) is 0 Å². The molecule has 1 saturated heterocycles. The molecule has 4 heteroatoms. The Labute approximate surface area is 128 Å². The van der Waals surface area contributed by atoms with Crippen LogP contribution < -0.4 is 5.32 Å². The summed E-state index contributed by atoms with van der Waals surface area (Å²) in [7, 11) is 0. The quantitative estimate of drug-likeness (QED) is 0.857. The Morgan fingerprint density at radius 2 is 1.45 bits per heavy atom. The average Bonchev–Trinajstić information content (AvgIpc) is 2.55. The zero-order valence-corrected chi connectivity index (χ0v) is 12.1. The van der Waals surface area contributed by atoms with Crippen LogP contribution in [0.25, 0.3) is 0 Å². The topological polar surface area (TPSA) is 12.0 Å². The maximum atomic E-state index is 12.7. The van der Waals surface area contributed by atoms with Crippen molar-refractivity contribution >= 4 is 0 Å². The highest BCUT2D eigenvalue weighted by molar-refractivity contribution is 5.32. The van der Waals surface area contributed by atoms with Gasteiger partial charge >= 0.3 is 6.18 Å². The molecule has 116 valence electrons. The van der Waals surface area contributed by atoms with Gasteiger partial charge in [0.05, 0.1) is 5.56 Å². The summed E-state index contributed by atoms with van der Waals surface area (Å²) >= 11 is 0. The van der Waals surface area contributed by atoms with Crippen LogP contribution in [0.5, 0.6) is 0 Å². The molecule has 0 amide bonds. The van der Waals surface area contributed by atoms with E-state index in [-0.39, 0.29) is 5.92 Å². The predicted molar refractivity (Wildman–Crippen MR) is 80.9 cm³/mol. The zero-order valence-electron chi connectivity index (χ0n) is 12.1. The molecule has 3 rings (SSSR count). The van der Waals surface area contributed by atoms with Crippen LogP contribution in [-0.2, 0) is 6.18 Å². The second-order valence-corrected chi connectivity index (χ2v) is 5.74. The molecular weight excluding hydrogens is 287 g/mol. The summed E-state index contributed by atoms with van der Waals surface area (Å²) in [6.07, 6.45) is -3.34. The Morgan fingerprint density at radius 1 is 0.818 bits per heavy atom. The molecule has 1 fully saturated rings. The summed E-state index contributed by atoms with van der Waals surface area (Å²) in [5.41, 5.74) is 1.64. The van der Waals surface area contributed by atoms with Crippen LogP contribution in [0.2, 0.25) is 0 Å². The van der Waals surface area contributed by atoms with Gasteiger partial charge in [0.25, 0.3) is 0 Å². The summed E-state index contributed by atoms with van der Waals surface area (Å²) in [5, 5.41) is 3.39. The van der Waals surface area contributed by atoms with Gasteiger partial charge in [-0.15, -0.1) is 0 Å². The van der Waals surface area contributed by atoms with Crippen LogP contribution in [0.15, 0.2) is 54.6 Å². The Hall–Kier alpha value is -1.81. The summed E-state index contributed by atoms with van der Waals surface area (Å²) in [6, 6.07) is 15.8. The maximum absolute atomic E-state index is 12.7. The molecule has 1 N–H and O–H groups in total. The lowest BCUT2D eigenvalue weighted by atomic mass is 9.77. The van der Waals surface area contributed by atoms with Crippen molar-refractivity contribution in [1.82, 2.24) is 5.32 Å². The fraction of sp³-hybridized carbons (Fsp3) is 0.333. The van der Waals surface area contributed by atoms with E-state index in [9.17, 15) is 13.2 Å². The van der Waals surface area contributed by atoms with E-state index in [4.69, 9.17) is 0 Å². The summed E-state index contributed by atoms with van der Waals surface area (Å²) in [6.45, 7) is 1.75. The van der Waals surface area contributed by atoms with Crippen molar-refractivity contribution in [2.24, 2.45) is 0 Å². The number of halogens is 3. The molecule has 0 unspecified atom stereocenters. The number of hydrogen-bond donors (Lipinski definition) is 1. The smallest absolute Gasteiger partial charge is 0.316 e. The number of nitrogens with one attached hydrogen (secondary N) is 1. The van der Waals surface area contributed by atoms with Crippen molar-refractivity contribution in [2.45, 2.75) is 24.4 Å². The van der Waals surface area contributed by atoms with Gasteiger partial charge < -0.3 is 5.32 Å². The monoisotopic (exact) mass is 305 g/mol. The first kappa shape index (κ1) is 15.1. The Bertz CT molecular complexity index is 604. The fourth-order valence-electron chi connectivity index (χ4n) is 3.23. The lowest BCUT2D eigenvalue weighted by Crippen LogP contribution is -2.34. The second kappa shape index (κ2) is 6.13. The second-order valence-electron chi connectivity index (χ2n) is 5.74. The minimum absolute atomic E-state index is 0.255. The molecule has 0 spiro atoms. The molecule has 0 radical (unpaired) electrons. The molecule has 2 atom stereocenters. The van der Waals surface area contributed by atoms with Crippen LogP contribution in [0, 0.1) is 0 Å². The van der Waals surface area contributed by atoms with E-state index in [1.165, 1.54) is 17.7 Å². The van der Waals surface area contributed by atoms with E-state index >= 15 is 0 Å². The van der Waals surface area contributed by atoms with E-state index in [2.05, 4.69) is 17.4 Å². The van der Waals surface area contributed by atoms with Gasteiger partial charge in [0.2, 0.25) is 0 Å². The van der Waals surface area contributed by atoms with Gasteiger partial charge in [-0.1, -0.05) is 42.5 Å². The third kappa shape index (κ3) is 3.17. The van der Waals surface area contributed by atoms with E-state index in [1.54, 1.807) is 12.1 Å². The van der Waals surface area contributed by atoms with Crippen LogP contribution in [-0.4, -0.2) is 13.1 Å². The van der Waals surface area contributed by atoms with E-state index in [0.29, 0.717) is 5.92 Å². The van der Waals surface area contributed by atoms with Crippen molar-refractivity contribution in [2.75, 3.05) is 13.1 Å². The molecular formula is C18H18F3N. The third-order valence-electron chi connectivity index (χ3n) is 4.38. The number of alkyl halides is 3.